The molecule has 0 saturated carbocycles. The number of fused-ring (bicyclic) bond motifs is 1. The molecule has 2 N–H and O–H groups in total. The van der Waals surface area contributed by atoms with Gasteiger partial charge in [0.25, 0.3) is 5.91 Å². The molecule has 0 unspecified atom stereocenters. The minimum atomic E-state index is -0.0887. The molecule has 3 rings (SSSR count). The number of aromatic nitrogens is 2. The molecule has 0 saturated heterocycles. The van der Waals surface area contributed by atoms with Crippen molar-refractivity contribution in [3.8, 4) is 0 Å². The number of nitrogens with one attached hydrogen (secondary N) is 2. The smallest absolute Gasteiger partial charge is 0.252 e. The Morgan fingerprint density at radius 3 is 2.90 bits per heavy atom. The van der Waals surface area contributed by atoms with Crippen LogP contribution in [0.15, 0.2) is 54.9 Å². The molecule has 2 heterocycles. The van der Waals surface area contributed by atoms with E-state index in [1.807, 2.05) is 18.2 Å². The molecule has 0 spiro atoms. The molecule has 4 nitrogen and oxygen atoms in total. The lowest BCUT2D eigenvalue weighted by atomic mass is 10.2. The van der Waals surface area contributed by atoms with Crippen LogP contribution in [0.4, 0.5) is 0 Å². The maximum absolute atomic E-state index is 11.8. The van der Waals surface area contributed by atoms with Gasteiger partial charge in [0, 0.05) is 36.6 Å². The summed E-state index contributed by atoms with van der Waals surface area (Å²) in [6, 6.07) is 13.8. The summed E-state index contributed by atoms with van der Waals surface area (Å²) in [5.41, 5.74) is 2.84. The number of para-hydroxylation sites is 1. The van der Waals surface area contributed by atoms with Gasteiger partial charge >= 0.3 is 0 Å². The molecule has 1 amide bonds. The molecule has 0 bridgehead atoms. The standard InChI is InChI=1S/C16H15N3O/c20-16(13-5-3-8-17-11-13)18-9-7-14-10-12-4-1-2-6-15(12)19-14/h1-6,8,10-11,19H,7,9H2,(H,18,20). The summed E-state index contributed by atoms with van der Waals surface area (Å²) in [5.74, 6) is -0.0887. The Kier molecular flexibility index (Phi) is 3.46. The largest absolute Gasteiger partial charge is 0.358 e. The third kappa shape index (κ3) is 2.69. The second kappa shape index (κ2) is 5.57. The van der Waals surface area contributed by atoms with Crippen molar-refractivity contribution >= 4 is 16.8 Å². The third-order valence-electron chi connectivity index (χ3n) is 3.19. The maximum atomic E-state index is 11.8. The zero-order valence-electron chi connectivity index (χ0n) is 11.0. The van der Waals surface area contributed by atoms with E-state index in [1.165, 1.54) is 5.39 Å². The number of aromatic amines is 1. The van der Waals surface area contributed by atoms with Gasteiger partial charge in [-0.1, -0.05) is 18.2 Å². The number of hydrogen-bond acceptors (Lipinski definition) is 2. The van der Waals surface area contributed by atoms with E-state index in [1.54, 1.807) is 24.5 Å². The van der Waals surface area contributed by atoms with E-state index in [2.05, 4.69) is 27.4 Å². The monoisotopic (exact) mass is 265 g/mol. The van der Waals surface area contributed by atoms with E-state index >= 15 is 0 Å². The fourth-order valence-corrected chi connectivity index (χ4v) is 2.18. The molecule has 20 heavy (non-hydrogen) atoms. The minimum Gasteiger partial charge on any atom is -0.358 e. The third-order valence-corrected chi connectivity index (χ3v) is 3.19. The van der Waals surface area contributed by atoms with Gasteiger partial charge in [0.05, 0.1) is 5.56 Å². The van der Waals surface area contributed by atoms with Crippen LogP contribution in [0.5, 0.6) is 0 Å². The molecule has 100 valence electrons. The van der Waals surface area contributed by atoms with Crippen molar-refractivity contribution in [3.05, 3.63) is 66.1 Å². The Balaban J connectivity index is 1.58. The molecule has 0 aliphatic carbocycles. The van der Waals surface area contributed by atoms with E-state index < -0.39 is 0 Å². The number of H-pyrrole nitrogens is 1. The molecule has 0 aliphatic rings. The van der Waals surface area contributed by atoms with Crippen molar-refractivity contribution in [1.29, 1.82) is 0 Å². The predicted octanol–water partition coefficient (Wildman–Crippen LogP) is 2.54. The highest BCUT2D eigenvalue weighted by atomic mass is 16.1. The highest BCUT2D eigenvalue weighted by Gasteiger charge is 2.05. The maximum Gasteiger partial charge on any atom is 0.252 e. The first-order valence-electron chi connectivity index (χ1n) is 6.58. The van der Waals surface area contributed by atoms with Gasteiger partial charge in [-0.3, -0.25) is 9.78 Å². The molecule has 2 aromatic heterocycles. The Bertz CT molecular complexity index is 686. The first kappa shape index (κ1) is 12.4. The SMILES string of the molecule is O=C(NCCc1cc2ccccc2[nH]1)c1cccnc1. The number of carbonyl (C=O) groups excluding carboxylic acids is 1. The summed E-state index contributed by atoms with van der Waals surface area (Å²) in [6.07, 6.45) is 4.00. The Morgan fingerprint density at radius 1 is 1.20 bits per heavy atom. The minimum absolute atomic E-state index is 0.0887. The van der Waals surface area contributed by atoms with E-state index in [-0.39, 0.29) is 5.91 Å². The van der Waals surface area contributed by atoms with Crippen LogP contribution in [0.1, 0.15) is 16.1 Å². The fraction of sp³-hybridized carbons (Fsp3) is 0.125. The predicted molar refractivity (Wildman–Crippen MR) is 78.6 cm³/mol. The second-order valence-electron chi connectivity index (χ2n) is 4.63. The molecular formula is C16H15N3O. The number of rotatable bonds is 4. The number of amides is 1. The molecule has 0 aliphatic heterocycles. The molecular weight excluding hydrogens is 250 g/mol. The number of hydrogen-bond donors (Lipinski definition) is 2. The van der Waals surface area contributed by atoms with Gasteiger partial charge in [-0.25, -0.2) is 0 Å². The number of carbonyl (C=O) groups is 1. The Morgan fingerprint density at radius 2 is 2.10 bits per heavy atom. The van der Waals surface area contributed by atoms with Crippen LogP contribution in [-0.2, 0) is 6.42 Å². The van der Waals surface area contributed by atoms with Gasteiger partial charge in [0.15, 0.2) is 0 Å². The lowest BCUT2D eigenvalue weighted by Crippen LogP contribution is -2.25. The zero-order chi connectivity index (χ0) is 13.8. The fourth-order valence-electron chi connectivity index (χ4n) is 2.18. The lowest BCUT2D eigenvalue weighted by molar-refractivity contribution is 0.0953. The molecule has 1 aromatic carbocycles. The van der Waals surface area contributed by atoms with Crippen molar-refractivity contribution < 1.29 is 4.79 Å². The highest BCUT2D eigenvalue weighted by Crippen LogP contribution is 2.14. The van der Waals surface area contributed by atoms with Crippen LogP contribution in [-0.4, -0.2) is 22.4 Å². The average molecular weight is 265 g/mol. The molecule has 0 fully saturated rings. The van der Waals surface area contributed by atoms with Crippen LogP contribution in [0, 0.1) is 0 Å². The van der Waals surface area contributed by atoms with Crippen LogP contribution < -0.4 is 5.32 Å². The Labute approximate surface area is 116 Å². The number of nitrogens with zero attached hydrogens (tertiary/aromatic N) is 1. The van der Waals surface area contributed by atoms with Crippen LogP contribution in [0.25, 0.3) is 10.9 Å². The number of pyridine rings is 1. The summed E-state index contributed by atoms with van der Waals surface area (Å²) in [7, 11) is 0. The van der Waals surface area contributed by atoms with E-state index in [4.69, 9.17) is 0 Å². The molecule has 4 heteroatoms. The van der Waals surface area contributed by atoms with Gasteiger partial charge in [-0.15, -0.1) is 0 Å². The average Bonchev–Trinajstić information content (AvgIpc) is 2.90. The van der Waals surface area contributed by atoms with E-state index in [9.17, 15) is 4.79 Å². The summed E-state index contributed by atoms with van der Waals surface area (Å²) >= 11 is 0. The van der Waals surface area contributed by atoms with E-state index in [0.717, 1.165) is 17.6 Å². The first-order chi connectivity index (χ1) is 9.83. The normalized spacial score (nSPS) is 10.6. The molecule has 0 atom stereocenters. The van der Waals surface area contributed by atoms with Crippen molar-refractivity contribution in [1.82, 2.24) is 15.3 Å². The van der Waals surface area contributed by atoms with E-state index in [0.29, 0.717) is 12.1 Å². The summed E-state index contributed by atoms with van der Waals surface area (Å²) in [6.45, 7) is 0.598. The summed E-state index contributed by atoms with van der Waals surface area (Å²) in [5, 5.41) is 4.09. The topological polar surface area (TPSA) is 57.8 Å². The number of benzene rings is 1. The van der Waals surface area contributed by atoms with Crippen molar-refractivity contribution in [2.45, 2.75) is 6.42 Å². The quantitative estimate of drug-likeness (QED) is 0.761. The van der Waals surface area contributed by atoms with Gasteiger partial charge in [0.2, 0.25) is 0 Å². The van der Waals surface area contributed by atoms with Gasteiger partial charge in [-0.05, 0) is 29.7 Å². The first-order valence-corrected chi connectivity index (χ1v) is 6.58. The van der Waals surface area contributed by atoms with Crippen molar-refractivity contribution in [2.75, 3.05) is 6.54 Å². The summed E-state index contributed by atoms with van der Waals surface area (Å²) < 4.78 is 0. The summed E-state index contributed by atoms with van der Waals surface area (Å²) in [4.78, 5) is 19.1. The second-order valence-corrected chi connectivity index (χ2v) is 4.63. The van der Waals surface area contributed by atoms with Crippen LogP contribution >= 0.6 is 0 Å². The molecule has 0 radical (unpaired) electrons. The van der Waals surface area contributed by atoms with Gasteiger partial charge in [0.1, 0.15) is 0 Å². The zero-order valence-corrected chi connectivity index (χ0v) is 11.0. The van der Waals surface area contributed by atoms with Crippen LogP contribution in [0.2, 0.25) is 0 Å². The van der Waals surface area contributed by atoms with Gasteiger partial charge < -0.3 is 10.3 Å². The highest BCUT2D eigenvalue weighted by molar-refractivity contribution is 5.93. The Hall–Kier alpha value is -2.62. The van der Waals surface area contributed by atoms with Gasteiger partial charge in [-0.2, -0.15) is 0 Å². The van der Waals surface area contributed by atoms with Crippen molar-refractivity contribution in [2.24, 2.45) is 0 Å². The van der Waals surface area contributed by atoms with Crippen LogP contribution in [0.3, 0.4) is 0 Å². The van der Waals surface area contributed by atoms with Crippen molar-refractivity contribution in [3.63, 3.8) is 0 Å². The lowest BCUT2D eigenvalue weighted by Gasteiger charge is -2.03. The molecule has 3 aromatic rings.